The van der Waals surface area contributed by atoms with Gasteiger partial charge in [-0.25, -0.2) is 0 Å². The summed E-state index contributed by atoms with van der Waals surface area (Å²) in [5.74, 6) is 1.73. The Morgan fingerprint density at radius 3 is 2.81 bits per heavy atom. The average Bonchev–Trinajstić information content (AvgIpc) is 3.13. The Bertz CT molecular complexity index is 364. The van der Waals surface area contributed by atoms with Crippen molar-refractivity contribution in [3.8, 4) is 5.75 Å². The van der Waals surface area contributed by atoms with Crippen LogP contribution < -0.4 is 4.74 Å². The molecule has 0 aromatic heterocycles. The molecule has 16 heavy (non-hydrogen) atoms. The molecule has 0 atom stereocenters. The minimum absolute atomic E-state index is 0.752. The maximum atomic E-state index is 5.74. The van der Waals surface area contributed by atoms with E-state index in [1.807, 2.05) is 6.07 Å². The third-order valence-electron chi connectivity index (χ3n) is 2.95. The van der Waals surface area contributed by atoms with Gasteiger partial charge < -0.3 is 4.74 Å². The zero-order chi connectivity index (χ0) is 11.4. The molecule has 1 radical (unpaired) electrons. The van der Waals surface area contributed by atoms with Crippen LogP contribution in [0.25, 0.3) is 0 Å². The molecule has 1 heteroatoms. The summed E-state index contributed by atoms with van der Waals surface area (Å²) in [6.07, 6.45) is 7.86. The number of rotatable bonds is 6. The predicted octanol–water partition coefficient (Wildman–Crippen LogP) is 4.08. The van der Waals surface area contributed by atoms with E-state index < -0.39 is 0 Å². The number of hydrogen-bond donors (Lipinski definition) is 0. The van der Waals surface area contributed by atoms with Crippen molar-refractivity contribution in [2.45, 2.75) is 38.5 Å². The molecule has 1 aromatic rings. The maximum absolute atomic E-state index is 5.74. The summed E-state index contributed by atoms with van der Waals surface area (Å²) in [5.41, 5.74) is 2.44. The summed E-state index contributed by atoms with van der Waals surface area (Å²) in [6, 6.07) is 6.38. The van der Waals surface area contributed by atoms with Crippen LogP contribution in [-0.2, 0) is 0 Å². The highest BCUT2D eigenvalue weighted by Gasteiger charge is 2.24. The van der Waals surface area contributed by atoms with Crippen molar-refractivity contribution < 1.29 is 4.74 Å². The van der Waals surface area contributed by atoms with E-state index in [0.717, 1.165) is 30.3 Å². The van der Waals surface area contributed by atoms with Crippen LogP contribution in [0.3, 0.4) is 0 Å². The molecule has 0 aliphatic heterocycles. The van der Waals surface area contributed by atoms with Crippen LogP contribution >= 0.6 is 0 Å². The zero-order valence-electron chi connectivity index (χ0n) is 9.96. The van der Waals surface area contributed by atoms with E-state index in [1.54, 1.807) is 0 Å². The predicted molar refractivity (Wildman–Crippen MR) is 66.8 cm³/mol. The third-order valence-corrected chi connectivity index (χ3v) is 2.95. The number of benzene rings is 1. The normalized spacial score (nSPS) is 14.8. The molecular weight excluding hydrogens is 196 g/mol. The van der Waals surface area contributed by atoms with Gasteiger partial charge in [0.1, 0.15) is 5.75 Å². The fraction of sp³-hybridized carbons (Fsp3) is 0.467. The summed E-state index contributed by atoms with van der Waals surface area (Å²) in [7, 11) is 0. The topological polar surface area (TPSA) is 9.23 Å². The van der Waals surface area contributed by atoms with Crippen LogP contribution in [0.1, 0.15) is 49.7 Å². The Balaban J connectivity index is 2.09. The number of ether oxygens (including phenoxy) is 1. The van der Waals surface area contributed by atoms with Crippen LogP contribution in [0.5, 0.6) is 5.75 Å². The minimum atomic E-state index is 0.752. The SMILES string of the molecule is C=[C]c1cc(OCCCC)cc(C2CC2)c1. The summed E-state index contributed by atoms with van der Waals surface area (Å²) in [5, 5.41) is 0. The van der Waals surface area contributed by atoms with Crippen molar-refractivity contribution in [1.29, 1.82) is 0 Å². The molecule has 85 valence electrons. The van der Waals surface area contributed by atoms with Gasteiger partial charge in [-0.05, 0) is 54.5 Å². The average molecular weight is 215 g/mol. The van der Waals surface area contributed by atoms with Crippen LogP contribution in [0.2, 0.25) is 0 Å². The lowest BCUT2D eigenvalue weighted by atomic mass is 10.1. The maximum Gasteiger partial charge on any atom is 0.120 e. The Labute approximate surface area is 98.1 Å². The largest absolute Gasteiger partial charge is 0.494 e. The standard InChI is InChI=1S/C15H19O/c1-3-5-8-16-15-10-12(4-2)9-14(11-15)13-6-7-13/h9-11,13H,2-3,5-8H2,1H3. The number of unbranched alkanes of at least 4 members (excludes halogenated alkanes) is 1. The molecule has 1 fully saturated rings. The highest BCUT2D eigenvalue weighted by Crippen LogP contribution is 2.41. The molecule has 0 heterocycles. The Hall–Kier alpha value is -1.24. The Morgan fingerprint density at radius 1 is 1.38 bits per heavy atom. The fourth-order valence-corrected chi connectivity index (χ4v) is 1.79. The highest BCUT2D eigenvalue weighted by atomic mass is 16.5. The van der Waals surface area contributed by atoms with Crippen molar-refractivity contribution in [2.24, 2.45) is 0 Å². The molecule has 1 aliphatic carbocycles. The lowest BCUT2D eigenvalue weighted by Crippen LogP contribution is -1.97. The first-order valence-electron chi connectivity index (χ1n) is 6.14. The van der Waals surface area contributed by atoms with Crippen LogP contribution in [0.15, 0.2) is 24.8 Å². The third kappa shape index (κ3) is 2.88. The molecule has 0 bridgehead atoms. The van der Waals surface area contributed by atoms with Crippen molar-refractivity contribution in [3.63, 3.8) is 0 Å². The van der Waals surface area contributed by atoms with Gasteiger partial charge in [0.2, 0.25) is 0 Å². The smallest absolute Gasteiger partial charge is 0.120 e. The van der Waals surface area contributed by atoms with Crippen molar-refractivity contribution in [3.05, 3.63) is 42.0 Å². The first-order valence-corrected chi connectivity index (χ1v) is 6.14. The van der Waals surface area contributed by atoms with Gasteiger partial charge in [-0.2, -0.15) is 0 Å². The van der Waals surface area contributed by atoms with Crippen molar-refractivity contribution >= 4 is 0 Å². The second kappa shape index (κ2) is 5.20. The molecule has 0 unspecified atom stereocenters. The van der Waals surface area contributed by atoms with Crippen molar-refractivity contribution in [1.82, 2.24) is 0 Å². The summed E-state index contributed by atoms with van der Waals surface area (Å²) in [4.78, 5) is 0. The van der Waals surface area contributed by atoms with Crippen LogP contribution in [0, 0.1) is 6.08 Å². The minimum Gasteiger partial charge on any atom is -0.494 e. The van der Waals surface area contributed by atoms with E-state index in [9.17, 15) is 0 Å². The van der Waals surface area contributed by atoms with Gasteiger partial charge in [0.05, 0.1) is 6.61 Å². The van der Waals surface area contributed by atoms with Gasteiger partial charge in [0, 0.05) is 0 Å². The van der Waals surface area contributed by atoms with Gasteiger partial charge in [0.25, 0.3) is 0 Å². The second-order valence-electron chi connectivity index (χ2n) is 4.44. The monoisotopic (exact) mass is 215 g/mol. The summed E-state index contributed by atoms with van der Waals surface area (Å²) < 4.78 is 5.74. The molecule has 1 aliphatic rings. The molecule has 1 aromatic carbocycles. The molecule has 2 rings (SSSR count). The van der Waals surface area contributed by atoms with E-state index in [1.165, 1.54) is 24.8 Å². The quantitative estimate of drug-likeness (QED) is 0.650. The highest BCUT2D eigenvalue weighted by molar-refractivity contribution is 5.40. The van der Waals surface area contributed by atoms with Crippen molar-refractivity contribution in [2.75, 3.05) is 6.61 Å². The van der Waals surface area contributed by atoms with Gasteiger partial charge in [-0.1, -0.05) is 26.0 Å². The first kappa shape index (κ1) is 11.3. The summed E-state index contributed by atoms with van der Waals surface area (Å²) >= 11 is 0. The molecular formula is C15H19O. The molecule has 1 saturated carbocycles. The van der Waals surface area contributed by atoms with Gasteiger partial charge >= 0.3 is 0 Å². The molecule has 0 amide bonds. The zero-order valence-corrected chi connectivity index (χ0v) is 9.96. The van der Waals surface area contributed by atoms with E-state index in [-0.39, 0.29) is 0 Å². The molecule has 0 saturated heterocycles. The Morgan fingerprint density at radius 2 is 2.19 bits per heavy atom. The second-order valence-corrected chi connectivity index (χ2v) is 4.44. The van der Waals surface area contributed by atoms with E-state index >= 15 is 0 Å². The number of hydrogen-bond acceptors (Lipinski definition) is 1. The summed E-state index contributed by atoms with van der Waals surface area (Å²) in [6.45, 7) is 6.69. The van der Waals surface area contributed by atoms with E-state index in [2.05, 4.69) is 31.7 Å². The van der Waals surface area contributed by atoms with Gasteiger partial charge in [-0.3, -0.25) is 0 Å². The molecule has 1 nitrogen and oxygen atoms in total. The lowest BCUT2D eigenvalue weighted by molar-refractivity contribution is 0.309. The van der Waals surface area contributed by atoms with Gasteiger partial charge in [-0.15, -0.1) is 0 Å². The van der Waals surface area contributed by atoms with Gasteiger partial charge in [0.15, 0.2) is 0 Å². The van der Waals surface area contributed by atoms with Crippen LogP contribution in [-0.4, -0.2) is 6.61 Å². The van der Waals surface area contributed by atoms with E-state index in [4.69, 9.17) is 4.74 Å². The van der Waals surface area contributed by atoms with Crippen LogP contribution in [0.4, 0.5) is 0 Å². The van der Waals surface area contributed by atoms with E-state index in [0.29, 0.717) is 0 Å². The lowest BCUT2D eigenvalue weighted by Gasteiger charge is -2.08. The molecule has 0 N–H and O–H groups in total. The fourth-order valence-electron chi connectivity index (χ4n) is 1.79. The molecule has 0 spiro atoms. The first-order chi connectivity index (χ1) is 7.83. The Kier molecular flexibility index (Phi) is 3.66.